The Balaban J connectivity index is 2.28. The van der Waals surface area contributed by atoms with Crippen LogP contribution in [0.2, 0.25) is 0 Å². The van der Waals surface area contributed by atoms with Crippen LogP contribution in [-0.2, 0) is 9.53 Å². The highest BCUT2D eigenvalue weighted by Crippen LogP contribution is 2.14. The first kappa shape index (κ1) is 16.5. The fourth-order valence-electron chi connectivity index (χ4n) is 2.08. The molecule has 110 valence electrons. The maximum atomic E-state index is 10.9. The van der Waals surface area contributed by atoms with Gasteiger partial charge in [-0.3, -0.25) is 0 Å². The number of carbonyl (C=O) groups excluding carboxylic acids is 1. The minimum Gasteiger partial charge on any atom is -0.451 e. The third-order valence-electron chi connectivity index (χ3n) is 3.25. The summed E-state index contributed by atoms with van der Waals surface area (Å²) >= 11 is 0. The summed E-state index contributed by atoms with van der Waals surface area (Å²) in [5.41, 5.74) is 4.10. The molecule has 1 atom stereocenters. The van der Waals surface area contributed by atoms with E-state index in [1.165, 1.54) is 22.8 Å². The van der Waals surface area contributed by atoms with Crippen molar-refractivity contribution in [3.63, 3.8) is 0 Å². The van der Waals surface area contributed by atoms with Gasteiger partial charge in [0.05, 0.1) is 0 Å². The van der Waals surface area contributed by atoms with Crippen LogP contribution < -0.4 is 0 Å². The number of esters is 1. The number of carbonyl (C=O) groups is 1. The Morgan fingerprint density at radius 3 is 2.35 bits per heavy atom. The number of ether oxygens (including phenoxy) is 1. The molecule has 0 fully saturated rings. The molecule has 2 nitrogen and oxygen atoms in total. The van der Waals surface area contributed by atoms with Crippen molar-refractivity contribution in [1.82, 2.24) is 0 Å². The second-order valence-corrected chi connectivity index (χ2v) is 5.68. The minimum absolute atomic E-state index is 0.162. The maximum absolute atomic E-state index is 10.9. The van der Waals surface area contributed by atoms with E-state index < -0.39 is 0 Å². The summed E-state index contributed by atoms with van der Waals surface area (Å²) in [5, 5.41) is 0. The van der Waals surface area contributed by atoms with Crippen LogP contribution in [0.4, 0.5) is 0 Å². The van der Waals surface area contributed by atoms with E-state index in [1.54, 1.807) is 6.08 Å². The maximum Gasteiger partial charge on any atom is 0.331 e. The van der Waals surface area contributed by atoms with Gasteiger partial charge in [0.2, 0.25) is 0 Å². The lowest BCUT2D eigenvalue weighted by molar-refractivity contribution is -0.137. The van der Waals surface area contributed by atoms with Gasteiger partial charge in [-0.15, -0.1) is 0 Å². The first-order valence-electron chi connectivity index (χ1n) is 7.32. The smallest absolute Gasteiger partial charge is 0.331 e. The number of hydrogen-bond donors (Lipinski definition) is 0. The molecule has 0 N–H and O–H groups in total. The van der Waals surface area contributed by atoms with Gasteiger partial charge in [0.25, 0.3) is 0 Å². The van der Waals surface area contributed by atoms with E-state index >= 15 is 0 Å². The molecule has 1 heterocycles. The summed E-state index contributed by atoms with van der Waals surface area (Å²) in [6.07, 6.45) is 14.1. The Bertz CT molecular complexity index is 446. The van der Waals surface area contributed by atoms with Crippen molar-refractivity contribution in [3.05, 3.63) is 47.1 Å². The highest BCUT2D eigenvalue weighted by Gasteiger charge is 2.13. The van der Waals surface area contributed by atoms with Crippen LogP contribution in [0.5, 0.6) is 0 Å². The molecule has 0 aromatic rings. The van der Waals surface area contributed by atoms with Crippen molar-refractivity contribution in [1.29, 1.82) is 0 Å². The molecular weight excluding hydrogens is 248 g/mol. The van der Waals surface area contributed by atoms with Gasteiger partial charge in [0, 0.05) is 6.08 Å². The van der Waals surface area contributed by atoms with E-state index in [9.17, 15) is 4.79 Å². The van der Waals surface area contributed by atoms with Crippen LogP contribution in [0.3, 0.4) is 0 Å². The van der Waals surface area contributed by atoms with Gasteiger partial charge in [0.15, 0.2) is 0 Å². The molecule has 0 saturated carbocycles. The van der Waals surface area contributed by atoms with Crippen molar-refractivity contribution < 1.29 is 9.53 Å². The molecule has 1 aliphatic heterocycles. The van der Waals surface area contributed by atoms with Gasteiger partial charge in [-0.1, -0.05) is 28.9 Å². The zero-order valence-corrected chi connectivity index (χ0v) is 13.1. The lowest BCUT2D eigenvalue weighted by Gasteiger charge is -2.05. The van der Waals surface area contributed by atoms with Gasteiger partial charge in [-0.2, -0.15) is 0 Å². The van der Waals surface area contributed by atoms with Crippen LogP contribution in [-0.4, -0.2) is 12.1 Å². The molecule has 0 aromatic heterocycles. The van der Waals surface area contributed by atoms with E-state index in [0.29, 0.717) is 0 Å². The van der Waals surface area contributed by atoms with Gasteiger partial charge in [-0.05, 0) is 65.5 Å². The highest BCUT2D eigenvalue weighted by atomic mass is 16.5. The van der Waals surface area contributed by atoms with Crippen LogP contribution in [0.25, 0.3) is 0 Å². The molecule has 1 unspecified atom stereocenters. The fourth-order valence-corrected chi connectivity index (χ4v) is 2.08. The average Bonchev–Trinajstić information content (AvgIpc) is 2.74. The summed E-state index contributed by atoms with van der Waals surface area (Å²) in [4.78, 5) is 10.9. The summed E-state index contributed by atoms with van der Waals surface area (Å²) in [5.74, 6) is -0.242. The Morgan fingerprint density at radius 1 is 1.10 bits per heavy atom. The Labute approximate surface area is 122 Å². The van der Waals surface area contributed by atoms with Crippen LogP contribution in [0.15, 0.2) is 47.1 Å². The zero-order valence-electron chi connectivity index (χ0n) is 13.1. The van der Waals surface area contributed by atoms with Crippen molar-refractivity contribution in [2.24, 2.45) is 0 Å². The third-order valence-corrected chi connectivity index (χ3v) is 3.25. The summed E-state index contributed by atoms with van der Waals surface area (Å²) in [6.45, 7) is 8.56. The van der Waals surface area contributed by atoms with Crippen LogP contribution >= 0.6 is 0 Å². The van der Waals surface area contributed by atoms with Crippen LogP contribution in [0, 0.1) is 0 Å². The van der Waals surface area contributed by atoms with E-state index in [4.69, 9.17) is 4.74 Å². The predicted octanol–water partition coefficient (Wildman–Crippen LogP) is 4.89. The second kappa shape index (κ2) is 8.57. The molecular formula is C18H26O2. The SMILES string of the molecule is CC(C)=CCC/C(C)=C/CC/C(C)=C/C1C=CC(=O)O1. The number of rotatable bonds is 7. The van der Waals surface area contributed by atoms with E-state index in [-0.39, 0.29) is 12.1 Å². The summed E-state index contributed by atoms with van der Waals surface area (Å²) in [6, 6.07) is 0. The lowest BCUT2D eigenvalue weighted by atomic mass is 10.1. The fraction of sp³-hybridized carbons (Fsp3) is 0.500. The normalized spacial score (nSPS) is 19.2. The second-order valence-electron chi connectivity index (χ2n) is 5.68. The van der Waals surface area contributed by atoms with Crippen molar-refractivity contribution >= 4 is 5.97 Å². The highest BCUT2D eigenvalue weighted by molar-refractivity contribution is 5.84. The summed E-state index contributed by atoms with van der Waals surface area (Å²) in [7, 11) is 0. The Morgan fingerprint density at radius 2 is 1.75 bits per heavy atom. The van der Waals surface area contributed by atoms with Gasteiger partial charge in [0.1, 0.15) is 6.10 Å². The number of cyclic esters (lactones) is 1. The lowest BCUT2D eigenvalue weighted by Crippen LogP contribution is -2.04. The molecule has 2 heteroatoms. The topological polar surface area (TPSA) is 26.3 Å². The molecule has 0 bridgehead atoms. The number of hydrogen-bond acceptors (Lipinski definition) is 2. The van der Waals surface area contributed by atoms with Gasteiger partial charge < -0.3 is 4.74 Å². The Hall–Kier alpha value is -1.57. The largest absolute Gasteiger partial charge is 0.451 e. The van der Waals surface area contributed by atoms with E-state index in [0.717, 1.165) is 25.7 Å². The molecule has 0 saturated heterocycles. The van der Waals surface area contributed by atoms with Gasteiger partial charge >= 0.3 is 5.97 Å². The monoisotopic (exact) mass is 274 g/mol. The molecule has 1 aliphatic rings. The van der Waals surface area contributed by atoms with Crippen LogP contribution in [0.1, 0.15) is 53.4 Å². The van der Waals surface area contributed by atoms with Crippen molar-refractivity contribution in [3.8, 4) is 0 Å². The average molecular weight is 274 g/mol. The molecule has 20 heavy (non-hydrogen) atoms. The quantitative estimate of drug-likeness (QED) is 0.488. The molecule has 0 aromatic carbocycles. The van der Waals surface area contributed by atoms with Gasteiger partial charge in [-0.25, -0.2) is 4.79 Å². The third kappa shape index (κ3) is 7.13. The zero-order chi connectivity index (χ0) is 15.0. The van der Waals surface area contributed by atoms with Crippen molar-refractivity contribution in [2.75, 3.05) is 0 Å². The molecule has 0 amide bonds. The molecule has 0 radical (unpaired) electrons. The first-order valence-corrected chi connectivity index (χ1v) is 7.32. The Kier molecular flexibility index (Phi) is 7.06. The van der Waals surface area contributed by atoms with E-state index in [1.807, 2.05) is 6.08 Å². The standard InChI is InChI=1S/C18H26O2/c1-14(2)7-5-8-15(3)9-6-10-16(4)13-17-11-12-18(19)20-17/h7,9,11-13,17H,5-6,8,10H2,1-4H3/b15-9+,16-13+. The predicted molar refractivity (Wildman–Crippen MR) is 84.4 cm³/mol. The summed E-state index contributed by atoms with van der Waals surface area (Å²) < 4.78 is 5.09. The van der Waals surface area contributed by atoms with E-state index in [2.05, 4.69) is 39.8 Å². The molecule has 0 spiro atoms. The first-order chi connectivity index (χ1) is 9.47. The minimum atomic E-state index is -0.242. The number of allylic oxidation sites excluding steroid dienone is 5. The molecule has 1 rings (SSSR count). The molecule has 0 aliphatic carbocycles. The van der Waals surface area contributed by atoms with Crippen molar-refractivity contribution in [2.45, 2.75) is 59.5 Å².